The van der Waals surface area contributed by atoms with Gasteiger partial charge in [-0.3, -0.25) is 4.79 Å². The topological polar surface area (TPSA) is 34.0 Å². The van der Waals surface area contributed by atoms with Gasteiger partial charge in [0, 0.05) is 33.2 Å². The third kappa shape index (κ3) is 3.78. The van der Waals surface area contributed by atoms with Crippen molar-refractivity contribution < 1.29 is 4.79 Å². The summed E-state index contributed by atoms with van der Waals surface area (Å²) >= 11 is 6.02. The Hall–Kier alpha value is -1.74. The largest absolute Gasteiger partial charge is 0.377 e. The van der Waals surface area contributed by atoms with Gasteiger partial charge in [-0.2, -0.15) is 0 Å². The molecule has 4 heteroatoms. The lowest BCUT2D eigenvalue weighted by Crippen LogP contribution is -2.24. The van der Waals surface area contributed by atoms with E-state index in [-0.39, 0.29) is 17.9 Å². The molecule has 0 spiro atoms. The van der Waals surface area contributed by atoms with Crippen molar-refractivity contribution in [3.63, 3.8) is 0 Å². The molecule has 0 bridgehead atoms. The fourth-order valence-corrected chi connectivity index (χ4v) is 3.30. The van der Waals surface area contributed by atoms with Gasteiger partial charge in [0.15, 0.2) is 5.78 Å². The molecule has 1 heterocycles. The summed E-state index contributed by atoms with van der Waals surface area (Å²) in [5.41, 5.74) is 4.84. The number of halogens is 1. The van der Waals surface area contributed by atoms with Gasteiger partial charge in [0.2, 0.25) is 0 Å². The average molecular weight is 333 g/mol. The lowest BCUT2D eigenvalue weighted by molar-refractivity contribution is 0.101. The molecule has 0 radical (unpaired) electrons. The maximum absolute atomic E-state index is 12.6. The van der Waals surface area contributed by atoms with E-state index in [0.717, 1.165) is 28.2 Å². The van der Waals surface area contributed by atoms with E-state index in [1.54, 1.807) is 0 Å². The number of Topliss-reactive ketones (excluding diaryl/α,β-unsaturated/α-hetero) is 1. The van der Waals surface area contributed by atoms with E-state index in [9.17, 15) is 4.79 Å². The van der Waals surface area contributed by atoms with Gasteiger partial charge < -0.3 is 9.88 Å². The minimum Gasteiger partial charge on any atom is -0.377 e. The summed E-state index contributed by atoms with van der Waals surface area (Å²) < 4.78 is 2.21. The summed E-state index contributed by atoms with van der Waals surface area (Å²) in [6.07, 6.45) is 0. The summed E-state index contributed by atoms with van der Waals surface area (Å²) in [4.78, 5) is 12.6. The van der Waals surface area contributed by atoms with Crippen molar-refractivity contribution in [3.05, 3.63) is 51.8 Å². The number of carbonyl (C=O) groups excluding carboxylic acids is 1. The predicted molar refractivity (Wildman–Crippen MR) is 97.9 cm³/mol. The van der Waals surface area contributed by atoms with Crippen molar-refractivity contribution in [2.75, 3.05) is 11.9 Å². The van der Waals surface area contributed by atoms with E-state index in [1.807, 2.05) is 45.0 Å². The van der Waals surface area contributed by atoms with Crippen LogP contribution in [0.1, 0.15) is 48.1 Å². The molecule has 0 amide bonds. The van der Waals surface area contributed by atoms with Crippen molar-refractivity contribution in [1.29, 1.82) is 0 Å². The maximum atomic E-state index is 12.6. The third-order valence-electron chi connectivity index (χ3n) is 4.04. The Morgan fingerprint density at radius 1 is 1.17 bits per heavy atom. The molecule has 0 aliphatic rings. The summed E-state index contributed by atoms with van der Waals surface area (Å²) in [5, 5.41) is 3.87. The van der Waals surface area contributed by atoms with Gasteiger partial charge in [0.1, 0.15) is 0 Å². The van der Waals surface area contributed by atoms with Gasteiger partial charge in [-0.15, -0.1) is 0 Å². The molecule has 0 unspecified atom stereocenters. The monoisotopic (exact) mass is 332 g/mol. The van der Waals surface area contributed by atoms with Gasteiger partial charge in [-0.05, 0) is 65.3 Å². The van der Waals surface area contributed by atoms with Gasteiger partial charge >= 0.3 is 0 Å². The normalized spacial score (nSPS) is 11.6. The first-order valence-electron chi connectivity index (χ1n) is 7.84. The second-order valence-corrected chi connectivity index (χ2v) is 7.46. The summed E-state index contributed by atoms with van der Waals surface area (Å²) in [5.74, 6) is 0.0907. The van der Waals surface area contributed by atoms with Crippen LogP contribution in [0.5, 0.6) is 0 Å². The van der Waals surface area contributed by atoms with Crippen molar-refractivity contribution in [2.24, 2.45) is 0 Å². The number of carbonyl (C=O) groups is 1. The number of benzene rings is 1. The molecule has 1 aromatic carbocycles. The number of rotatable bonds is 4. The zero-order chi connectivity index (χ0) is 17.4. The number of ketones is 1. The molecule has 1 N–H and O–H groups in total. The van der Waals surface area contributed by atoms with E-state index in [1.165, 1.54) is 0 Å². The molecule has 3 nitrogen and oxygen atoms in total. The van der Waals surface area contributed by atoms with E-state index in [0.29, 0.717) is 5.02 Å². The van der Waals surface area contributed by atoms with Crippen LogP contribution in [0.2, 0.25) is 5.02 Å². The van der Waals surface area contributed by atoms with E-state index in [2.05, 4.69) is 30.7 Å². The Morgan fingerprint density at radius 2 is 1.83 bits per heavy atom. The van der Waals surface area contributed by atoms with Gasteiger partial charge in [0.25, 0.3) is 0 Å². The van der Waals surface area contributed by atoms with Crippen molar-refractivity contribution in [1.82, 2.24) is 4.57 Å². The van der Waals surface area contributed by atoms with Crippen LogP contribution in [0.4, 0.5) is 5.69 Å². The summed E-state index contributed by atoms with van der Waals surface area (Å²) in [6.45, 7) is 12.8. The number of hydrogen-bond donors (Lipinski definition) is 1. The average Bonchev–Trinajstić information content (AvgIpc) is 2.74. The predicted octanol–water partition coefficient (Wildman–Crippen LogP) is 5.12. The Balaban J connectivity index is 2.21. The zero-order valence-corrected chi connectivity index (χ0v) is 15.5. The molecular weight excluding hydrogens is 308 g/mol. The highest BCUT2D eigenvalue weighted by Gasteiger charge is 2.22. The van der Waals surface area contributed by atoms with Crippen LogP contribution in [0, 0.1) is 20.8 Å². The Kier molecular flexibility index (Phi) is 4.90. The van der Waals surface area contributed by atoms with E-state index >= 15 is 0 Å². The lowest BCUT2D eigenvalue weighted by Gasteiger charge is -2.25. The molecule has 0 fully saturated rings. The zero-order valence-electron chi connectivity index (χ0n) is 14.7. The smallest absolute Gasteiger partial charge is 0.183 e. The number of anilines is 1. The second-order valence-electron chi connectivity index (χ2n) is 7.03. The van der Waals surface area contributed by atoms with Crippen LogP contribution in [0.15, 0.2) is 24.3 Å². The first kappa shape index (κ1) is 17.6. The molecule has 0 atom stereocenters. The van der Waals surface area contributed by atoms with Crippen LogP contribution in [-0.2, 0) is 5.54 Å². The Labute approximate surface area is 143 Å². The molecule has 0 saturated heterocycles. The maximum Gasteiger partial charge on any atom is 0.183 e. The second kappa shape index (κ2) is 6.40. The van der Waals surface area contributed by atoms with E-state index < -0.39 is 0 Å². The van der Waals surface area contributed by atoms with Crippen molar-refractivity contribution in [2.45, 2.75) is 47.1 Å². The molecule has 2 rings (SSSR count). The van der Waals surface area contributed by atoms with Crippen LogP contribution in [0.3, 0.4) is 0 Å². The quantitative estimate of drug-likeness (QED) is 0.789. The highest BCUT2D eigenvalue weighted by atomic mass is 35.5. The number of nitrogens with one attached hydrogen (secondary N) is 1. The molecule has 0 saturated carbocycles. The molecule has 2 aromatic rings. The Morgan fingerprint density at radius 3 is 2.39 bits per heavy atom. The molecule has 124 valence electrons. The number of aryl methyl sites for hydroxylation is 2. The SMILES string of the molecule is Cc1ccc(Cl)cc1NCC(=O)c1cc(C)n(C(C)(C)C)c1C. The van der Waals surface area contributed by atoms with Crippen LogP contribution in [0.25, 0.3) is 0 Å². The standard InChI is InChI=1S/C19H25ClN2O/c1-12-7-8-15(20)10-17(12)21-11-18(23)16-9-13(2)22(14(16)3)19(4,5)6/h7-10,21H,11H2,1-6H3. The van der Waals surface area contributed by atoms with Gasteiger partial charge in [-0.25, -0.2) is 0 Å². The molecule has 0 aliphatic heterocycles. The lowest BCUT2D eigenvalue weighted by atomic mass is 10.1. The fraction of sp³-hybridized carbons (Fsp3) is 0.421. The molecule has 23 heavy (non-hydrogen) atoms. The summed E-state index contributed by atoms with van der Waals surface area (Å²) in [7, 11) is 0. The molecule has 1 aromatic heterocycles. The number of nitrogens with zero attached hydrogens (tertiary/aromatic N) is 1. The molecular formula is C19H25ClN2O. The highest BCUT2D eigenvalue weighted by molar-refractivity contribution is 6.30. The minimum atomic E-state index is -0.0380. The van der Waals surface area contributed by atoms with Gasteiger partial charge in [0.05, 0.1) is 6.54 Å². The summed E-state index contributed by atoms with van der Waals surface area (Å²) in [6, 6.07) is 7.62. The van der Waals surface area contributed by atoms with Crippen LogP contribution in [-0.4, -0.2) is 16.9 Å². The number of aromatic nitrogens is 1. The van der Waals surface area contributed by atoms with Crippen molar-refractivity contribution >= 4 is 23.1 Å². The highest BCUT2D eigenvalue weighted by Crippen LogP contribution is 2.25. The van der Waals surface area contributed by atoms with Crippen LogP contribution >= 0.6 is 11.6 Å². The first-order valence-corrected chi connectivity index (χ1v) is 8.21. The third-order valence-corrected chi connectivity index (χ3v) is 4.28. The molecule has 0 aliphatic carbocycles. The fourth-order valence-electron chi connectivity index (χ4n) is 3.13. The Bertz CT molecular complexity index is 739. The van der Waals surface area contributed by atoms with Crippen LogP contribution < -0.4 is 5.32 Å². The number of hydrogen-bond acceptors (Lipinski definition) is 2. The first-order chi connectivity index (χ1) is 10.6. The van der Waals surface area contributed by atoms with Gasteiger partial charge in [-0.1, -0.05) is 17.7 Å². The van der Waals surface area contributed by atoms with Crippen molar-refractivity contribution in [3.8, 4) is 0 Å². The minimum absolute atomic E-state index is 0.0380. The van der Waals surface area contributed by atoms with E-state index in [4.69, 9.17) is 11.6 Å².